The first-order valence-electron chi connectivity index (χ1n) is 9.72. The number of carbonyl (C=O) groups is 1. The summed E-state index contributed by atoms with van der Waals surface area (Å²) >= 11 is 5.74. The molecule has 0 bridgehead atoms. The molecular formula is C19H16B5ClF2N4O. The molecule has 13 heteroatoms. The molecule has 154 valence electrons. The van der Waals surface area contributed by atoms with Gasteiger partial charge in [-0.25, -0.2) is 18.7 Å². The number of hydrogen-bond donors (Lipinski definition) is 1. The van der Waals surface area contributed by atoms with Crippen molar-refractivity contribution >= 4 is 56.7 Å². The van der Waals surface area contributed by atoms with Crippen LogP contribution in [0.5, 0.6) is 0 Å². The SMILES string of the molecule is [B]C([B])([B])c1cnc(CNCC2(F)CCN(C(=O)c3ccc(F)c(Cl)c3)CC2([B])[B])nc1. The Morgan fingerprint density at radius 3 is 2.47 bits per heavy atom. The number of amides is 1. The van der Waals surface area contributed by atoms with Crippen molar-refractivity contribution in [1.29, 1.82) is 0 Å². The Hall–Kier alpha value is -1.80. The molecule has 1 atom stereocenters. The molecule has 1 unspecified atom stereocenters. The van der Waals surface area contributed by atoms with Crippen molar-refractivity contribution in [3.05, 3.63) is 58.4 Å². The molecule has 1 amide bonds. The maximum Gasteiger partial charge on any atom is 0.253 e. The summed E-state index contributed by atoms with van der Waals surface area (Å²) in [7, 11) is 28.8. The van der Waals surface area contributed by atoms with Gasteiger partial charge in [0.05, 0.1) is 50.8 Å². The van der Waals surface area contributed by atoms with Crippen molar-refractivity contribution < 1.29 is 13.6 Å². The smallest absolute Gasteiger partial charge is 0.253 e. The van der Waals surface area contributed by atoms with Gasteiger partial charge in [-0.2, -0.15) is 0 Å². The Kier molecular flexibility index (Phi) is 7.15. The van der Waals surface area contributed by atoms with Crippen molar-refractivity contribution in [3.63, 3.8) is 0 Å². The second-order valence-corrected chi connectivity index (χ2v) is 8.44. The van der Waals surface area contributed by atoms with E-state index in [0.29, 0.717) is 11.4 Å². The summed E-state index contributed by atoms with van der Waals surface area (Å²) < 4.78 is 29.0. The van der Waals surface area contributed by atoms with Crippen LogP contribution in [-0.2, 0) is 11.7 Å². The van der Waals surface area contributed by atoms with Gasteiger partial charge >= 0.3 is 0 Å². The standard InChI is InChI=1S/C19H16B5ClF2N4O/c20-18(21)10-31(16(32)11-1-2-14(26)13(25)5-11)4-3-17(18,27)9-28-8-15-29-6-12(7-30-15)19(22,23)24/h1-2,5-7,28H,3-4,8-10H2. The second kappa shape index (κ2) is 9.22. The molecule has 1 aliphatic rings. The number of aromatic nitrogens is 2. The Morgan fingerprint density at radius 1 is 1.25 bits per heavy atom. The van der Waals surface area contributed by atoms with Crippen LogP contribution in [0, 0.1) is 5.82 Å². The summed E-state index contributed by atoms with van der Waals surface area (Å²) in [5.74, 6) is -0.747. The molecule has 1 N–H and O–H groups in total. The molecule has 10 radical (unpaired) electrons. The fraction of sp³-hybridized carbons (Fsp3) is 0.421. The van der Waals surface area contributed by atoms with Crippen LogP contribution < -0.4 is 5.32 Å². The topological polar surface area (TPSA) is 58.1 Å². The van der Waals surface area contributed by atoms with Gasteiger partial charge in [0.15, 0.2) is 0 Å². The minimum Gasteiger partial charge on any atom is -0.339 e. The van der Waals surface area contributed by atoms with Crippen molar-refractivity contribution in [3.8, 4) is 0 Å². The molecule has 3 rings (SSSR count). The lowest BCUT2D eigenvalue weighted by molar-refractivity contribution is 0.0345. The average molecular weight is 444 g/mol. The van der Waals surface area contributed by atoms with Crippen LogP contribution in [0.15, 0.2) is 30.6 Å². The maximum absolute atomic E-state index is 15.6. The molecule has 32 heavy (non-hydrogen) atoms. The van der Waals surface area contributed by atoms with Gasteiger partial charge < -0.3 is 10.2 Å². The third-order valence-electron chi connectivity index (χ3n) is 5.41. The third kappa shape index (κ3) is 5.39. The highest BCUT2D eigenvalue weighted by Gasteiger charge is 2.49. The third-order valence-corrected chi connectivity index (χ3v) is 5.70. The van der Waals surface area contributed by atoms with Crippen LogP contribution in [0.3, 0.4) is 0 Å². The minimum absolute atomic E-state index is 0.0684. The summed E-state index contributed by atoms with van der Waals surface area (Å²) in [6, 6.07) is 3.60. The molecule has 2 heterocycles. The van der Waals surface area contributed by atoms with Gasteiger partial charge in [0.25, 0.3) is 5.91 Å². The molecule has 1 fully saturated rings. The van der Waals surface area contributed by atoms with Gasteiger partial charge in [-0.1, -0.05) is 11.6 Å². The van der Waals surface area contributed by atoms with Crippen LogP contribution in [0.25, 0.3) is 0 Å². The molecule has 1 aromatic heterocycles. The highest BCUT2D eigenvalue weighted by Crippen LogP contribution is 2.43. The molecule has 2 aromatic rings. The molecule has 0 spiro atoms. The molecular weight excluding hydrogens is 428 g/mol. The average Bonchev–Trinajstić information content (AvgIpc) is 2.71. The summed E-state index contributed by atoms with van der Waals surface area (Å²) in [6.45, 7) is -0.232. The van der Waals surface area contributed by atoms with Gasteiger partial charge in [-0.05, 0) is 35.4 Å². The lowest BCUT2D eigenvalue weighted by Gasteiger charge is -2.49. The van der Waals surface area contributed by atoms with Gasteiger partial charge in [-0.15, -0.1) is 5.11 Å². The van der Waals surface area contributed by atoms with Crippen molar-refractivity contribution in [2.75, 3.05) is 19.6 Å². The van der Waals surface area contributed by atoms with E-state index in [1.165, 1.54) is 29.4 Å². The summed E-state index contributed by atoms with van der Waals surface area (Å²) in [5, 5.41) is -0.677. The predicted octanol–water partition coefficient (Wildman–Crippen LogP) is 0.682. The summed E-state index contributed by atoms with van der Waals surface area (Å²) in [5.41, 5.74) is -1.51. The van der Waals surface area contributed by atoms with E-state index in [1.54, 1.807) is 0 Å². The van der Waals surface area contributed by atoms with Crippen LogP contribution in [0.2, 0.25) is 10.2 Å². The fourth-order valence-electron chi connectivity index (χ4n) is 3.36. The lowest BCUT2D eigenvalue weighted by Crippen LogP contribution is -2.59. The Labute approximate surface area is 197 Å². The highest BCUT2D eigenvalue weighted by atomic mass is 35.5. The number of alkyl halides is 1. The van der Waals surface area contributed by atoms with Crippen molar-refractivity contribution in [2.45, 2.75) is 29.0 Å². The molecule has 5 nitrogen and oxygen atoms in total. The lowest BCUT2D eigenvalue weighted by atomic mass is 9.40. The van der Waals surface area contributed by atoms with E-state index in [9.17, 15) is 9.18 Å². The molecule has 1 saturated heterocycles. The largest absolute Gasteiger partial charge is 0.339 e. The minimum atomic E-state index is -2.01. The fourth-order valence-corrected chi connectivity index (χ4v) is 3.54. The van der Waals surface area contributed by atoms with Crippen LogP contribution in [0.4, 0.5) is 8.78 Å². The Bertz CT molecular complexity index is 993. The zero-order valence-corrected chi connectivity index (χ0v) is 17.9. The molecule has 1 aliphatic heterocycles. The van der Waals surface area contributed by atoms with E-state index in [2.05, 4.69) is 15.3 Å². The predicted molar refractivity (Wildman–Crippen MR) is 123 cm³/mol. The molecule has 0 aliphatic carbocycles. The highest BCUT2D eigenvalue weighted by molar-refractivity contribution is 6.58. The van der Waals surface area contributed by atoms with E-state index in [-0.39, 0.29) is 43.2 Å². The first-order chi connectivity index (χ1) is 14.8. The van der Waals surface area contributed by atoms with E-state index >= 15 is 4.39 Å². The number of nitrogens with zero attached hydrogens (tertiary/aromatic N) is 3. The quantitative estimate of drug-likeness (QED) is 0.667. The monoisotopic (exact) mass is 444 g/mol. The second-order valence-electron chi connectivity index (χ2n) is 8.04. The normalized spacial score (nSPS) is 20.8. The number of likely N-dealkylation sites (tertiary alicyclic amines) is 1. The number of carbonyl (C=O) groups excluding carboxylic acids is 1. The maximum atomic E-state index is 15.6. The van der Waals surface area contributed by atoms with E-state index in [0.717, 1.165) is 6.07 Å². The summed E-state index contributed by atoms with van der Waals surface area (Å²) in [6.07, 6.45) is 2.66. The number of hydrogen-bond acceptors (Lipinski definition) is 4. The Morgan fingerprint density at radius 2 is 1.91 bits per heavy atom. The van der Waals surface area contributed by atoms with Crippen LogP contribution >= 0.6 is 11.6 Å². The number of piperidine rings is 1. The van der Waals surface area contributed by atoms with Crippen molar-refractivity contribution in [1.82, 2.24) is 20.2 Å². The van der Waals surface area contributed by atoms with Gasteiger partial charge in [0, 0.05) is 37.6 Å². The van der Waals surface area contributed by atoms with E-state index in [4.69, 9.17) is 50.8 Å². The molecule has 1 aromatic carbocycles. The number of benzene rings is 1. The van der Waals surface area contributed by atoms with Crippen molar-refractivity contribution in [2.24, 2.45) is 0 Å². The first-order valence-corrected chi connectivity index (χ1v) is 10.1. The van der Waals surface area contributed by atoms with Gasteiger partial charge in [0.2, 0.25) is 0 Å². The van der Waals surface area contributed by atoms with E-state index in [1.807, 2.05) is 0 Å². The van der Waals surface area contributed by atoms with E-state index < -0.39 is 27.7 Å². The Balaban J connectivity index is 1.60. The number of rotatable bonds is 6. The van der Waals surface area contributed by atoms with Gasteiger partial charge in [-0.3, -0.25) is 4.79 Å². The number of halogens is 3. The first kappa shape index (κ1) is 24.8. The molecule has 0 saturated carbocycles. The zero-order valence-electron chi connectivity index (χ0n) is 17.2. The zero-order chi connectivity index (χ0) is 23.7. The van der Waals surface area contributed by atoms with Gasteiger partial charge in [0.1, 0.15) is 17.3 Å². The van der Waals surface area contributed by atoms with Crippen LogP contribution in [-0.4, -0.2) is 85.3 Å². The van der Waals surface area contributed by atoms with Crippen LogP contribution in [0.1, 0.15) is 28.2 Å². The number of nitrogens with one attached hydrogen (secondary N) is 1. The summed E-state index contributed by atoms with van der Waals surface area (Å²) in [4.78, 5) is 22.2.